The highest BCUT2D eigenvalue weighted by Crippen LogP contribution is 2.09. The maximum absolute atomic E-state index is 12.1. The number of sulfonamides is 1. The largest absolute Gasteiger partial charge is 0.344 e. The lowest BCUT2D eigenvalue weighted by Gasteiger charge is -2.17. The molecule has 0 radical (unpaired) electrons. The molecule has 23 heavy (non-hydrogen) atoms. The Bertz CT molecular complexity index is 576. The number of aryl methyl sites for hydroxylation is 1. The van der Waals surface area contributed by atoms with Gasteiger partial charge in [-0.2, -0.15) is 0 Å². The van der Waals surface area contributed by atoms with Crippen LogP contribution >= 0.6 is 12.4 Å². The van der Waals surface area contributed by atoms with Crippen molar-refractivity contribution in [2.24, 2.45) is 0 Å². The number of amides is 1. The Labute approximate surface area is 145 Å². The minimum atomic E-state index is -3.52. The minimum absolute atomic E-state index is 0. The second-order valence-electron chi connectivity index (χ2n) is 5.23. The first-order valence-electron chi connectivity index (χ1n) is 7.31. The van der Waals surface area contributed by atoms with Crippen molar-refractivity contribution in [1.82, 2.24) is 14.9 Å². The van der Waals surface area contributed by atoms with Crippen LogP contribution in [0, 0.1) is 6.92 Å². The Hall–Kier alpha value is -1.15. The summed E-state index contributed by atoms with van der Waals surface area (Å²) in [5, 5.41) is 2.98. The molecule has 0 heterocycles. The zero-order chi connectivity index (χ0) is 16.6. The average Bonchev–Trinajstić information content (AvgIpc) is 2.47. The highest BCUT2D eigenvalue weighted by atomic mass is 35.5. The van der Waals surface area contributed by atoms with Gasteiger partial charge in [-0.15, -0.1) is 12.4 Å². The standard InChI is InChI=1S/C15H25N3O3S.ClH/c1-13-6-8-14(9-7-13)22(20,21)17-11-12-18(3)15(19)5-4-10-16-2;/h6-9,16-17H,4-5,10-12H2,1-3H3;1H. The maximum atomic E-state index is 12.1. The van der Waals surface area contributed by atoms with Gasteiger partial charge in [0.15, 0.2) is 0 Å². The van der Waals surface area contributed by atoms with Crippen molar-refractivity contribution in [3.63, 3.8) is 0 Å². The van der Waals surface area contributed by atoms with Crippen molar-refractivity contribution in [2.45, 2.75) is 24.7 Å². The van der Waals surface area contributed by atoms with Gasteiger partial charge in [0, 0.05) is 26.6 Å². The molecule has 1 amide bonds. The molecule has 8 heteroatoms. The Morgan fingerprint density at radius 2 is 1.78 bits per heavy atom. The monoisotopic (exact) mass is 363 g/mol. The summed E-state index contributed by atoms with van der Waals surface area (Å²) in [5.74, 6) is 0.0183. The van der Waals surface area contributed by atoms with Gasteiger partial charge in [-0.3, -0.25) is 4.79 Å². The molecule has 0 atom stereocenters. The summed E-state index contributed by atoms with van der Waals surface area (Å²) in [5.41, 5.74) is 1.01. The number of halogens is 1. The van der Waals surface area contributed by atoms with Crippen LogP contribution in [0.15, 0.2) is 29.2 Å². The van der Waals surface area contributed by atoms with E-state index in [1.807, 2.05) is 14.0 Å². The van der Waals surface area contributed by atoms with Gasteiger partial charge in [0.25, 0.3) is 0 Å². The molecule has 1 aromatic rings. The van der Waals surface area contributed by atoms with E-state index in [1.165, 1.54) is 0 Å². The van der Waals surface area contributed by atoms with Crippen molar-refractivity contribution in [1.29, 1.82) is 0 Å². The first-order valence-corrected chi connectivity index (χ1v) is 8.80. The summed E-state index contributed by atoms with van der Waals surface area (Å²) < 4.78 is 26.7. The summed E-state index contributed by atoms with van der Waals surface area (Å²) in [7, 11) is 0.00647. The summed E-state index contributed by atoms with van der Waals surface area (Å²) in [6.45, 7) is 3.24. The normalized spacial score (nSPS) is 10.9. The van der Waals surface area contributed by atoms with E-state index in [1.54, 1.807) is 36.2 Å². The lowest BCUT2D eigenvalue weighted by molar-refractivity contribution is -0.129. The van der Waals surface area contributed by atoms with Crippen LogP contribution in [0.3, 0.4) is 0 Å². The van der Waals surface area contributed by atoms with Crippen molar-refractivity contribution < 1.29 is 13.2 Å². The third-order valence-corrected chi connectivity index (χ3v) is 4.79. The van der Waals surface area contributed by atoms with Crippen LogP contribution in [0.5, 0.6) is 0 Å². The first-order chi connectivity index (χ1) is 10.4. The number of hydrogen-bond acceptors (Lipinski definition) is 4. The van der Waals surface area contributed by atoms with Gasteiger partial charge >= 0.3 is 0 Å². The fraction of sp³-hybridized carbons (Fsp3) is 0.533. The number of nitrogens with one attached hydrogen (secondary N) is 2. The molecular weight excluding hydrogens is 338 g/mol. The molecule has 2 N–H and O–H groups in total. The van der Waals surface area contributed by atoms with Crippen LogP contribution in [-0.4, -0.2) is 53.0 Å². The Kier molecular flexibility index (Phi) is 10.1. The Morgan fingerprint density at radius 3 is 2.35 bits per heavy atom. The molecule has 0 fully saturated rings. The fourth-order valence-electron chi connectivity index (χ4n) is 1.88. The molecule has 0 unspecified atom stereocenters. The molecule has 0 aliphatic rings. The molecule has 1 rings (SSSR count). The summed E-state index contributed by atoms with van der Waals surface area (Å²) >= 11 is 0. The molecule has 0 aliphatic heterocycles. The number of carbonyl (C=O) groups excluding carboxylic acids is 1. The third kappa shape index (κ3) is 7.78. The highest BCUT2D eigenvalue weighted by Gasteiger charge is 2.14. The quantitative estimate of drug-likeness (QED) is 0.645. The van der Waals surface area contributed by atoms with E-state index in [0.29, 0.717) is 13.0 Å². The van der Waals surface area contributed by atoms with Gasteiger partial charge in [-0.1, -0.05) is 17.7 Å². The molecular formula is C15H26ClN3O3S. The van der Waals surface area contributed by atoms with Crippen LogP contribution in [-0.2, 0) is 14.8 Å². The van der Waals surface area contributed by atoms with Crippen LogP contribution < -0.4 is 10.0 Å². The van der Waals surface area contributed by atoms with Gasteiger partial charge < -0.3 is 10.2 Å². The van der Waals surface area contributed by atoms with E-state index < -0.39 is 10.0 Å². The van der Waals surface area contributed by atoms with Gasteiger partial charge in [0.2, 0.25) is 15.9 Å². The van der Waals surface area contributed by atoms with Crippen molar-refractivity contribution in [2.75, 3.05) is 33.7 Å². The van der Waals surface area contributed by atoms with E-state index in [0.717, 1.165) is 18.5 Å². The molecule has 1 aromatic carbocycles. The first kappa shape index (κ1) is 21.9. The lowest BCUT2D eigenvalue weighted by atomic mass is 10.2. The number of hydrogen-bond donors (Lipinski definition) is 2. The van der Waals surface area contributed by atoms with Crippen molar-refractivity contribution >= 4 is 28.3 Å². The zero-order valence-electron chi connectivity index (χ0n) is 13.8. The van der Waals surface area contributed by atoms with Crippen molar-refractivity contribution in [3.8, 4) is 0 Å². The summed E-state index contributed by atoms with van der Waals surface area (Å²) in [4.78, 5) is 13.6. The van der Waals surface area contributed by atoms with Crippen LogP contribution in [0.25, 0.3) is 0 Å². The summed E-state index contributed by atoms with van der Waals surface area (Å²) in [6.07, 6.45) is 1.23. The van der Waals surface area contributed by atoms with E-state index in [4.69, 9.17) is 0 Å². The molecule has 0 saturated carbocycles. The number of likely N-dealkylation sites (N-methyl/N-ethyl adjacent to an activating group) is 1. The Morgan fingerprint density at radius 1 is 1.17 bits per heavy atom. The predicted molar refractivity (Wildman–Crippen MR) is 94.4 cm³/mol. The van der Waals surface area contributed by atoms with Crippen molar-refractivity contribution in [3.05, 3.63) is 29.8 Å². The molecule has 132 valence electrons. The highest BCUT2D eigenvalue weighted by molar-refractivity contribution is 7.89. The van der Waals surface area contributed by atoms with Crippen LogP contribution in [0.4, 0.5) is 0 Å². The molecule has 0 saturated heterocycles. The second kappa shape index (κ2) is 10.6. The zero-order valence-corrected chi connectivity index (χ0v) is 15.5. The topological polar surface area (TPSA) is 78.5 Å². The maximum Gasteiger partial charge on any atom is 0.240 e. The van der Waals surface area contributed by atoms with Crippen LogP contribution in [0.1, 0.15) is 18.4 Å². The van der Waals surface area contributed by atoms with Crippen LogP contribution in [0.2, 0.25) is 0 Å². The summed E-state index contributed by atoms with van der Waals surface area (Å²) in [6, 6.07) is 6.66. The smallest absolute Gasteiger partial charge is 0.240 e. The SMILES string of the molecule is CNCCCC(=O)N(C)CCNS(=O)(=O)c1ccc(C)cc1.Cl. The molecule has 0 bridgehead atoms. The fourth-order valence-corrected chi connectivity index (χ4v) is 2.90. The number of nitrogens with zero attached hydrogens (tertiary/aromatic N) is 1. The Balaban J connectivity index is 0.00000484. The van der Waals surface area contributed by atoms with Gasteiger partial charge in [0.05, 0.1) is 4.90 Å². The lowest BCUT2D eigenvalue weighted by Crippen LogP contribution is -2.36. The third-order valence-electron chi connectivity index (χ3n) is 3.31. The predicted octanol–water partition coefficient (Wildman–Crippen LogP) is 1.15. The molecule has 0 spiro atoms. The van der Waals surface area contributed by atoms with E-state index >= 15 is 0 Å². The van der Waals surface area contributed by atoms with E-state index in [-0.39, 0.29) is 29.8 Å². The molecule has 0 aromatic heterocycles. The van der Waals surface area contributed by atoms with Gasteiger partial charge in [-0.05, 0) is 39.1 Å². The molecule has 0 aliphatic carbocycles. The van der Waals surface area contributed by atoms with E-state index in [9.17, 15) is 13.2 Å². The molecule has 6 nitrogen and oxygen atoms in total. The van der Waals surface area contributed by atoms with E-state index in [2.05, 4.69) is 10.0 Å². The minimum Gasteiger partial charge on any atom is -0.344 e. The van der Waals surface area contributed by atoms with Gasteiger partial charge in [-0.25, -0.2) is 13.1 Å². The number of rotatable bonds is 9. The second-order valence-corrected chi connectivity index (χ2v) is 7.00. The van der Waals surface area contributed by atoms with Gasteiger partial charge in [0.1, 0.15) is 0 Å². The number of benzene rings is 1. The number of carbonyl (C=O) groups is 1. The average molecular weight is 364 g/mol.